The highest BCUT2D eigenvalue weighted by Gasteiger charge is 2.06. The van der Waals surface area contributed by atoms with Crippen molar-refractivity contribution in [2.24, 2.45) is 0 Å². The Labute approximate surface area is 102 Å². The van der Waals surface area contributed by atoms with E-state index in [4.69, 9.17) is 4.74 Å². The number of rotatable bonds is 8. The van der Waals surface area contributed by atoms with Gasteiger partial charge in [-0.05, 0) is 12.5 Å². The molecule has 0 bridgehead atoms. The molecule has 0 spiro atoms. The molecule has 1 N–H and O–H groups in total. The molecule has 0 saturated carbocycles. The van der Waals surface area contributed by atoms with E-state index >= 15 is 0 Å². The van der Waals surface area contributed by atoms with Gasteiger partial charge in [0.05, 0.1) is 19.3 Å². The predicted octanol–water partition coefficient (Wildman–Crippen LogP) is 1.83. The maximum absolute atomic E-state index is 11.8. The van der Waals surface area contributed by atoms with Crippen LogP contribution >= 0.6 is 0 Å². The first-order chi connectivity index (χ1) is 8.27. The van der Waals surface area contributed by atoms with Crippen molar-refractivity contribution in [1.82, 2.24) is 10.3 Å². The Morgan fingerprint density at radius 3 is 3.12 bits per heavy atom. The van der Waals surface area contributed by atoms with Crippen LogP contribution in [-0.4, -0.2) is 30.5 Å². The van der Waals surface area contributed by atoms with E-state index in [1.165, 1.54) is 0 Å². The number of hydrogen-bond acceptors (Lipinski definition) is 4. The summed E-state index contributed by atoms with van der Waals surface area (Å²) in [5.41, 5.74) is 0.565. The van der Waals surface area contributed by atoms with Gasteiger partial charge in [0.25, 0.3) is 0 Å². The highest BCUT2D eigenvalue weighted by molar-refractivity contribution is 5.97. The van der Waals surface area contributed by atoms with Crippen molar-refractivity contribution >= 4 is 5.78 Å². The molecule has 1 aromatic rings. The van der Waals surface area contributed by atoms with Gasteiger partial charge in [-0.15, -0.1) is 6.58 Å². The smallest absolute Gasteiger partial charge is 0.178 e. The molecule has 0 fully saturated rings. The molecule has 0 amide bonds. The topological polar surface area (TPSA) is 51.2 Å². The fourth-order valence-electron chi connectivity index (χ4n) is 1.26. The number of pyridine rings is 1. The minimum Gasteiger partial charge on any atom is -0.492 e. The highest BCUT2D eigenvalue weighted by atomic mass is 16.5. The van der Waals surface area contributed by atoms with Crippen LogP contribution in [0.1, 0.15) is 23.7 Å². The molecule has 92 valence electrons. The molecular weight excluding hydrogens is 216 g/mol. The summed E-state index contributed by atoms with van der Waals surface area (Å²) in [6.07, 6.45) is 5.81. The average Bonchev–Trinajstić information content (AvgIpc) is 2.37. The van der Waals surface area contributed by atoms with Crippen molar-refractivity contribution in [2.75, 3.05) is 19.7 Å². The number of Topliss-reactive ketones (excluding diaryl/α,β-unsaturated/α-hetero) is 1. The summed E-state index contributed by atoms with van der Waals surface area (Å²) in [5.74, 6) is 0.641. The van der Waals surface area contributed by atoms with Gasteiger partial charge in [0.2, 0.25) is 0 Å². The summed E-state index contributed by atoms with van der Waals surface area (Å²) < 4.78 is 5.42. The molecule has 0 unspecified atom stereocenters. The van der Waals surface area contributed by atoms with E-state index in [0.29, 0.717) is 24.5 Å². The zero-order chi connectivity index (χ0) is 12.5. The molecule has 0 aliphatic heterocycles. The average molecular weight is 234 g/mol. The van der Waals surface area contributed by atoms with Crippen LogP contribution in [0.15, 0.2) is 31.1 Å². The van der Waals surface area contributed by atoms with Crippen LogP contribution in [0.2, 0.25) is 0 Å². The summed E-state index contributed by atoms with van der Waals surface area (Å²) in [5, 5.41) is 2.96. The van der Waals surface area contributed by atoms with E-state index in [2.05, 4.69) is 16.9 Å². The second-order valence-electron chi connectivity index (χ2n) is 3.60. The van der Waals surface area contributed by atoms with Crippen LogP contribution in [0.25, 0.3) is 0 Å². The number of hydrogen-bond donors (Lipinski definition) is 1. The molecule has 1 aromatic heterocycles. The van der Waals surface area contributed by atoms with Crippen LogP contribution in [0.3, 0.4) is 0 Å². The van der Waals surface area contributed by atoms with Crippen molar-refractivity contribution in [1.29, 1.82) is 0 Å². The van der Waals surface area contributed by atoms with Gasteiger partial charge in [0, 0.05) is 18.3 Å². The van der Waals surface area contributed by atoms with E-state index in [0.717, 1.165) is 6.42 Å². The predicted molar refractivity (Wildman–Crippen MR) is 67.4 cm³/mol. The summed E-state index contributed by atoms with van der Waals surface area (Å²) >= 11 is 0. The number of ether oxygens (including phenoxy) is 1. The standard InChI is InChI=1S/C13H18N2O2/c1-3-5-14-10-13(16)11-7-12(9-15-8-11)17-6-4-2/h3,7-9,14H,1,4-6,10H2,2H3. The number of ketones is 1. The zero-order valence-corrected chi connectivity index (χ0v) is 10.1. The van der Waals surface area contributed by atoms with Crippen molar-refractivity contribution in [3.05, 3.63) is 36.7 Å². The number of carbonyl (C=O) groups excluding carboxylic acids is 1. The Morgan fingerprint density at radius 2 is 2.41 bits per heavy atom. The molecule has 4 heteroatoms. The van der Waals surface area contributed by atoms with Crippen LogP contribution < -0.4 is 10.1 Å². The minimum absolute atomic E-state index is 0.00120. The van der Waals surface area contributed by atoms with E-state index in [1.807, 2.05) is 6.92 Å². The summed E-state index contributed by atoms with van der Waals surface area (Å²) in [6, 6.07) is 1.72. The maximum Gasteiger partial charge on any atom is 0.178 e. The Bertz CT molecular complexity index is 377. The third-order valence-electron chi connectivity index (χ3n) is 2.08. The first-order valence-corrected chi connectivity index (χ1v) is 5.70. The van der Waals surface area contributed by atoms with Gasteiger partial charge in [-0.1, -0.05) is 13.0 Å². The number of nitrogens with one attached hydrogen (secondary N) is 1. The molecular formula is C13H18N2O2. The summed E-state index contributed by atoms with van der Waals surface area (Å²) in [6.45, 7) is 7.13. The first kappa shape index (κ1) is 13.4. The van der Waals surface area contributed by atoms with E-state index < -0.39 is 0 Å². The van der Waals surface area contributed by atoms with Crippen molar-refractivity contribution < 1.29 is 9.53 Å². The van der Waals surface area contributed by atoms with Gasteiger partial charge in [0.1, 0.15) is 5.75 Å². The third kappa shape index (κ3) is 4.78. The lowest BCUT2D eigenvalue weighted by Crippen LogP contribution is -2.23. The summed E-state index contributed by atoms with van der Waals surface area (Å²) in [7, 11) is 0. The minimum atomic E-state index is 0.00120. The Balaban J connectivity index is 2.57. The lowest BCUT2D eigenvalue weighted by molar-refractivity contribution is 0.0991. The van der Waals surface area contributed by atoms with Crippen molar-refractivity contribution in [3.63, 3.8) is 0 Å². The molecule has 17 heavy (non-hydrogen) atoms. The van der Waals surface area contributed by atoms with E-state index in [1.54, 1.807) is 24.5 Å². The monoisotopic (exact) mass is 234 g/mol. The lowest BCUT2D eigenvalue weighted by Gasteiger charge is -2.06. The molecule has 1 rings (SSSR count). The molecule has 0 atom stereocenters. The van der Waals surface area contributed by atoms with Gasteiger partial charge in [-0.25, -0.2) is 0 Å². The molecule has 4 nitrogen and oxygen atoms in total. The third-order valence-corrected chi connectivity index (χ3v) is 2.08. The van der Waals surface area contributed by atoms with Crippen LogP contribution in [0.5, 0.6) is 5.75 Å². The largest absolute Gasteiger partial charge is 0.492 e. The zero-order valence-electron chi connectivity index (χ0n) is 10.1. The van der Waals surface area contributed by atoms with Crippen molar-refractivity contribution in [2.45, 2.75) is 13.3 Å². The first-order valence-electron chi connectivity index (χ1n) is 5.70. The highest BCUT2D eigenvalue weighted by Crippen LogP contribution is 2.11. The van der Waals surface area contributed by atoms with Gasteiger partial charge < -0.3 is 10.1 Å². The van der Waals surface area contributed by atoms with Crippen LogP contribution in [-0.2, 0) is 0 Å². The quantitative estimate of drug-likeness (QED) is 0.423. The van der Waals surface area contributed by atoms with E-state index in [-0.39, 0.29) is 12.3 Å². The molecule has 0 radical (unpaired) electrons. The maximum atomic E-state index is 11.8. The van der Waals surface area contributed by atoms with Gasteiger partial charge in [-0.2, -0.15) is 0 Å². The molecule has 0 saturated heterocycles. The molecule has 1 heterocycles. The van der Waals surface area contributed by atoms with Crippen molar-refractivity contribution in [3.8, 4) is 5.75 Å². The van der Waals surface area contributed by atoms with Gasteiger partial charge in [0.15, 0.2) is 5.78 Å². The Kier molecular flexibility index (Phi) is 5.96. The number of aromatic nitrogens is 1. The Morgan fingerprint density at radius 1 is 1.59 bits per heavy atom. The SMILES string of the molecule is C=CCNCC(=O)c1cncc(OCCC)c1. The Hall–Kier alpha value is -1.68. The molecule has 0 aliphatic rings. The van der Waals surface area contributed by atoms with Crippen LogP contribution in [0, 0.1) is 0 Å². The van der Waals surface area contributed by atoms with Gasteiger partial charge >= 0.3 is 0 Å². The fourth-order valence-corrected chi connectivity index (χ4v) is 1.26. The van der Waals surface area contributed by atoms with Gasteiger partial charge in [-0.3, -0.25) is 9.78 Å². The summed E-state index contributed by atoms with van der Waals surface area (Å²) in [4.78, 5) is 15.7. The second-order valence-corrected chi connectivity index (χ2v) is 3.60. The number of carbonyl (C=O) groups is 1. The number of nitrogens with zero attached hydrogens (tertiary/aromatic N) is 1. The molecule has 0 aromatic carbocycles. The van der Waals surface area contributed by atoms with E-state index in [9.17, 15) is 4.79 Å². The second kappa shape index (κ2) is 7.57. The fraction of sp³-hybridized carbons (Fsp3) is 0.385. The normalized spacial score (nSPS) is 9.94. The van der Waals surface area contributed by atoms with Crippen LogP contribution in [0.4, 0.5) is 0 Å². The molecule has 0 aliphatic carbocycles. The lowest BCUT2D eigenvalue weighted by atomic mass is 10.2.